The van der Waals surface area contributed by atoms with E-state index in [-0.39, 0.29) is 35.0 Å². The monoisotopic (exact) mass is 558 g/mol. The molecule has 0 aliphatic heterocycles. The van der Waals surface area contributed by atoms with Crippen LogP contribution in [0, 0.1) is 6.92 Å². The SMILES string of the molecule is COc1cc(NS(=O)(=O)c2ccc(NC(=O)c3ccc(COc4ccc(Cl)cc4C)o3)cc2)nc(OC)n1. The minimum absolute atomic E-state index is 0.0325. The molecule has 2 heterocycles. The van der Waals surface area contributed by atoms with E-state index in [9.17, 15) is 13.2 Å². The number of hydrogen-bond donors (Lipinski definition) is 2. The molecule has 0 atom stereocenters. The predicted molar refractivity (Wildman–Crippen MR) is 140 cm³/mol. The second-order valence-corrected chi connectivity index (χ2v) is 9.95. The summed E-state index contributed by atoms with van der Waals surface area (Å²) in [6.45, 7) is 2.00. The number of hydrogen-bond acceptors (Lipinski definition) is 9. The van der Waals surface area contributed by atoms with Gasteiger partial charge in [-0.15, -0.1) is 0 Å². The molecule has 0 radical (unpaired) electrons. The predicted octanol–water partition coefficient (Wildman–Crippen LogP) is 4.68. The van der Waals surface area contributed by atoms with Gasteiger partial charge in [-0.2, -0.15) is 9.97 Å². The summed E-state index contributed by atoms with van der Waals surface area (Å²) in [5.41, 5.74) is 1.24. The molecule has 0 bridgehead atoms. The van der Waals surface area contributed by atoms with Gasteiger partial charge in [0.05, 0.1) is 19.1 Å². The Morgan fingerprint density at radius 3 is 2.45 bits per heavy atom. The van der Waals surface area contributed by atoms with Crippen molar-refractivity contribution in [3.8, 4) is 17.6 Å². The van der Waals surface area contributed by atoms with E-state index in [1.165, 1.54) is 50.6 Å². The van der Waals surface area contributed by atoms with Crippen LogP contribution in [0.25, 0.3) is 0 Å². The van der Waals surface area contributed by atoms with Gasteiger partial charge in [-0.1, -0.05) is 11.6 Å². The lowest BCUT2D eigenvalue weighted by molar-refractivity contribution is 0.0992. The van der Waals surface area contributed by atoms with E-state index in [1.54, 1.807) is 24.3 Å². The van der Waals surface area contributed by atoms with Crippen molar-refractivity contribution in [2.24, 2.45) is 0 Å². The summed E-state index contributed by atoms with van der Waals surface area (Å²) < 4.78 is 49.2. The maximum Gasteiger partial charge on any atom is 0.321 e. The van der Waals surface area contributed by atoms with Gasteiger partial charge in [0.15, 0.2) is 11.6 Å². The molecule has 0 fully saturated rings. The highest BCUT2D eigenvalue weighted by atomic mass is 35.5. The Balaban J connectivity index is 1.38. The number of nitrogens with one attached hydrogen (secondary N) is 2. The molecule has 0 aliphatic rings. The van der Waals surface area contributed by atoms with Crippen LogP contribution in [0.15, 0.2) is 70.0 Å². The molecule has 4 rings (SSSR count). The second-order valence-electron chi connectivity index (χ2n) is 7.83. The standard InChI is InChI=1S/C25H23ClN4O7S/c1-15-12-16(26)4-10-20(15)36-14-18-7-11-21(37-18)24(31)27-17-5-8-19(9-6-17)38(32,33)30-22-13-23(34-2)29-25(28-22)35-3/h4-13H,14H2,1-3H3,(H,27,31)(H,28,29,30). The van der Waals surface area contributed by atoms with Gasteiger partial charge in [0.2, 0.25) is 5.88 Å². The van der Waals surface area contributed by atoms with E-state index in [0.717, 1.165) is 5.56 Å². The molecule has 1 amide bonds. The summed E-state index contributed by atoms with van der Waals surface area (Å²) in [6.07, 6.45) is 0. The van der Waals surface area contributed by atoms with Gasteiger partial charge in [-0.05, 0) is 67.1 Å². The van der Waals surface area contributed by atoms with E-state index in [1.807, 2.05) is 6.92 Å². The Labute approximate surface area is 223 Å². The Morgan fingerprint density at radius 1 is 1.00 bits per heavy atom. The minimum atomic E-state index is -4.00. The molecule has 0 saturated heterocycles. The maximum atomic E-state index is 12.8. The van der Waals surface area contributed by atoms with Crippen LogP contribution in [0.1, 0.15) is 21.9 Å². The third-order valence-electron chi connectivity index (χ3n) is 5.13. The van der Waals surface area contributed by atoms with Crippen LogP contribution in [-0.4, -0.2) is 38.5 Å². The summed E-state index contributed by atoms with van der Waals surface area (Å²) in [7, 11) is -1.27. The van der Waals surface area contributed by atoms with Crippen molar-refractivity contribution >= 4 is 39.0 Å². The zero-order valence-electron chi connectivity index (χ0n) is 20.5. The number of carbonyl (C=O) groups is 1. The molecule has 2 aromatic heterocycles. The fourth-order valence-electron chi connectivity index (χ4n) is 3.26. The van der Waals surface area contributed by atoms with Crippen LogP contribution in [-0.2, 0) is 16.6 Å². The van der Waals surface area contributed by atoms with Gasteiger partial charge in [0, 0.05) is 16.8 Å². The number of methoxy groups -OCH3 is 2. The molecule has 2 aromatic carbocycles. The number of ether oxygens (including phenoxy) is 3. The second kappa shape index (κ2) is 11.4. The largest absolute Gasteiger partial charge is 0.485 e. The van der Waals surface area contributed by atoms with Crippen molar-refractivity contribution in [2.45, 2.75) is 18.4 Å². The molecule has 13 heteroatoms. The topological polar surface area (TPSA) is 142 Å². The van der Waals surface area contributed by atoms with E-state index >= 15 is 0 Å². The number of aromatic nitrogens is 2. The van der Waals surface area contributed by atoms with Gasteiger partial charge >= 0.3 is 6.01 Å². The van der Waals surface area contributed by atoms with E-state index in [0.29, 0.717) is 22.2 Å². The fraction of sp³-hybridized carbons (Fsp3) is 0.160. The number of amides is 1. The van der Waals surface area contributed by atoms with Crippen LogP contribution in [0.4, 0.5) is 11.5 Å². The maximum absolute atomic E-state index is 12.8. The van der Waals surface area contributed by atoms with Crippen LogP contribution < -0.4 is 24.2 Å². The lowest BCUT2D eigenvalue weighted by Crippen LogP contribution is -2.15. The number of nitrogens with zero attached hydrogens (tertiary/aromatic N) is 2. The highest BCUT2D eigenvalue weighted by Gasteiger charge is 2.18. The molecule has 2 N–H and O–H groups in total. The molecule has 0 spiro atoms. The Morgan fingerprint density at radius 2 is 1.76 bits per heavy atom. The summed E-state index contributed by atoms with van der Waals surface area (Å²) in [5.74, 6) is 0.763. The first-order valence-corrected chi connectivity index (χ1v) is 12.9. The average molecular weight is 559 g/mol. The van der Waals surface area contributed by atoms with Crippen molar-refractivity contribution in [3.63, 3.8) is 0 Å². The third kappa shape index (κ3) is 6.52. The van der Waals surface area contributed by atoms with E-state index in [4.69, 9.17) is 30.2 Å². The fourth-order valence-corrected chi connectivity index (χ4v) is 4.48. The number of rotatable bonds is 10. The summed E-state index contributed by atoms with van der Waals surface area (Å²) in [6, 6.07) is 15.3. The smallest absolute Gasteiger partial charge is 0.321 e. The van der Waals surface area contributed by atoms with Crippen molar-refractivity contribution in [1.82, 2.24) is 9.97 Å². The molecule has 11 nitrogen and oxygen atoms in total. The van der Waals surface area contributed by atoms with Crippen LogP contribution in [0.5, 0.6) is 17.6 Å². The molecular formula is C25H23ClN4O7S. The number of benzene rings is 2. The Hall–Kier alpha value is -4.29. The average Bonchev–Trinajstić information content (AvgIpc) is 3.37. The van der Waals surface area contributed by atoms with Gasteiger partial charge in [-0.25, -0.2) is 8.42 Å². The first kappa shape index (κ1) is 26.8. The van der Waals surface area contributed by atoms with Crippen molar-refractivity contribution in [3.05, 3.63) is 82.8 Å². The molecule has 0 aliphatic carbocycles. The van der Waals surface area contributed by atoms with Crippen molar-refractivity contribution in [1.29, 1.82) is 0 Å². The zero-order chi connectivity index (χ0) is 27.3. The first-order valence-electron chi connectivity index (χ1n) is 11.1. The number of halogens is 1. The quantitative estimate of drug-likeness (QED) is 0.283. The lowest BCUT2D eigenvalue weighted by Gasteiger charge is -2.10. The third-order valence-corrected chi connectivity index (χ3v) is 6.73. The molecule has 4 aromatic rings. The molecule has 0 unspecified atom stereocenters. The summed E-state index contributed by atoms with van der Waals surface area (Å²) >= 11 is 5.96. The lowest BCUT2D eigenvalue weighted by atomic mass is 10.2. The highest BCUT2D eigenvalue weighted by molar-refractivity contribution is 7.92. The van der Waals surface area contributed by atoms with Crippen LogP contribution in [0.3, 0.4) is 0 Å². The first-order chi connectivity index (χ1) is 18.2. The van der Waals surface area contributed by atoms with Crippen molar-refractivity contribution < 1.29 is 31.8 Å². The zero-order valence-corrected chi connectivity index (χ0v) is 22.1. The number of aryl methyl sites for hydroxylation is 1. The number of furan rings is 1. The number of carbonyl (C=O) groups excluding carboxylic acids is 1. The molecular weight excluding hydrogens is 536 g/mol. The van der Waals surface area contributed by atoms with E-state index in [2.05, 4.69) is 20.0 Å². The van der Waals surface area contributed by atoms with E-state index < -0.39 is 15.9 Å². The number of sulfonamides is 1. The number of anilines is 2. The van der Waals surface area contributed by atoms with Crippen LogP contribution in [0.2, 0.25) is 5.02 Å². The molecule has 198 valence electrons. The van der Waals surface area contributed by atoms with Crippen LogP contribution >= 0.6 is 11.6 Å². The van der Waals surface area contributed by atoms with Crippen molar-refractivity contribution in [2.75, 3.05) is 24.3 Å². The molecule has 38 heavy (non-hydrogen) atoms. The van der Waals surface area contributed by atoms with Gasteiger partial charge in [0.25, 0.3) is 15.9 Å². The summed E-state index contributed by atoms with van der Waals surface area (Å²) in [4.78, 5) is 20.4. The van der Waals surface area contributed by atoms with Gasteiger partial charge in [0.1, 0.15) is 18.1 Å². The highest BCUT2D eigenvalue weighted by Crippen LogP contribution is 2.24. The Kier molecular flexibility index (Phi) is 8.03. The Bertz CT molecular complexity index is 1530. The normalized spacial score (nSPS) is 11.1. The minimum Gasteiger partial charge on any atom is -0.485 e. The van der Waals surface area contributed by atoms with Gasteiger partial charge in [-0.3, -0.25) is 9.52 Å². The molecule has 0 saturated carbocycles. The van der Waals surface area contributed by atoms with Gasteiger partial charge < -0.3 is 23.9 Å². The summed E-state index contributed by atoms with van der Waals surface area (Å²) in [5, 5.41) is 3.27.